The van der Waals surface area contributed by atoms with E-state index in [-0.39, 0.29) is 23.8 Å². The summed E-state index contributed by atoms with van der Waals surface area (Å²) in [5.41, 5.74) is 1.70. The normalized spacial score (nSPS) is 15.2. The van der Waals surface area contributed by atoms with Crippen LogP contribution >= 0.6 is 23.5 Å². The summed E-state index contributed by atoms with van der Waals surface area (Å²) < 4.78 is 5.58. The zero-order valence-corrected chi connectivity index (χ0v) is 19.6. The topological polar surface area (TPSA) is 98.5 Å². The zero-order chi connectivity index (χ0) is 23.1. The quantitative estimate of drug-likeness (QED) is 0.316. The SMILES string of the molecule is CC(C)OC(=O)CC(NC(=O)c1ccc(C2SCCCS2)cc1)c1ccccc1[N+](=O)[O-]. The van der Waals surface area contributed by atoms with Gasteiger partial charge >= 0.3 is 5.97 Å². The van der Waals surface area contributed by atoms with Crippen LogP contribution in [0.1, 0.15) is 58.8 Å². The largest absolute Gasteiger partial charge is 0.463 e. The summed E-state index contributed by atoms with van der Waals surface area (Å²) in [6.45, 7) is 3.45. The molecule has 0 spiro atoms. The molecule has 7 nitrogen and oxygen atoms in total. The highest BCUT2D eigenvalue weighted by molar-refractivity contribution is 8.16. The molecule has 1 unspecified atom stereocenters. The van der Waals surface area contributed by atoms with Gasteiger partial charge in [0.2, 0.25) is 0 Å². The number of benzene rings is 2. The fourth-order valence-corrected chi connectivity index (χ4v) is 6.27. The molecule has 9 heteroatoms. The molecule has 0 aliphatic carbocycles. The van der Waals surface area contributed by atoms with Crippen molar-refractivity contribution in [2.45, 2.75) is 43.4 Å². The molecule has 2 aromatic carbocycles. The maximum atomic E-state index is 13.0. The molecule has 1 atom stereocenters. The van der Waals surface area contributed by atoms with E-state index in [9.17, 15) is 19.7 Å². The van der Waals surface area contributed by atoms with Crippen molar-refractivity contribution in [1.29, 1.82) is 0 Å². The van der Waals surface area contributed by atoms with Crippen LogP contribution in [0, 0.1) is 10.1 Å². The van der Waals surface area contributed by atoms with E-state index >= 15 is 0 Å². The van der Waals surface area contributed by atoms with E-state index in [4.69, 9.17) is 4.74 Å². The van der Waals surface area contributed by atoms with Crippen LogP contribution < -0.4 is 5.32 Å². The first-order valence-corrected chi connectivity index (χ1v) is 12.5. The number of ether oxygens (including phenoxy) is 1. The summed E-state index contributed by atoms with van der Waals surface area (Å²) in [5.74, 6) is 1.32. The standard InChI is InChI=1S/C23H26N2O5S2/c1-15(2)30-21(26)14-19(18-6-3-4-7-20(18)25(28)29)24-22(27)16-8-10-17(11-9-16)23-31-12-5-13-32-23/h3-4,6-11,15,19,23H,5,12-14H2,1-2H3,(H,24,27). The fourth-order valence-electron chi connectivity index (χ4n) is 3.38. The van der Waals surface area contributed by atoms with Crippen LogP contribution in [-0.2, 0) is 9.53 Å². The number of hydrogen-bond acceptors (Lipinski definition) is 7. The number of carbonyl (C=O) groups excluding carboxylic acids is 2. The Morgan fingerprint density at radius 1 is 1.12 bits per heavy atom. The van der Waals surface area contributed by atoms with E-state index in [1.165, 1.54) is 12.5 Å². The van der Waals surface area contributed by atoms with Gasteiger partial charge in [0.25, 0.3) is 11.6 Å². The molecule has 1 fully saturated rings. The third-order valence-electron chi connectivity index (χ3n) is 4.82. The third-order valence-corrected chi connectivity index (χ3v) is 7.84. The second kappa shape index (κ2) is 11.4. The minimum atomic E-state index is -0.889. The van der Waals surface area contributed by atoms with Crippen molar-refractivity contribution >= 4 is 41.1 Å². The van der Waals surface area contributed by atoms with Crippen LogP contribution in [0.2, 0.25) is 0 Å². The number of nitrogens with zero attached hydrogens (tertiary/aromatic N) is 1. The highest BCUT2D eigenvalue weighted by Gasteiger charge is 2.27. The van der Waals surface area contributed by atoms with Crippen LogP contribution in [0.15, 0.2) is 48.5 Å². The molecular weight excluding hydrogens is 448 g/mol. The number of nitrogens with one attached hydrogen (secondary N) is 1. The lowest BCUT2D eigenvalue weighted by atomic mass is 10.0. The van der Waals surface area contributed by atoms with E-state index in [1.807, 2.05) is 35.7 Å². The van der Waals surface area contributed by atoms with Crippen LogP contribution in [0.4, 0.5) is 5.69 Å². The average molecular weight is 475 g/mol. The Kier molecular flexibility index (Phi) is 8.58. The lowest BCUT2D eigenvalue weighted by molar-refractivity contribution is -0.385. The number of para-hydroxylation sites is 1. The van der Waals surface area contributed by atoms with Crippen molar-refractivity contribution in [3.8, 4) is 0 Å². The zero-order valence-electron chi connectivity index (χ0n) is 18.0. The summed E-state index contributed by atoms with van der Waals surface area (Å²) in [6, 6.07) is 12.6. The van der Waals surface area contributed by atoms with E-state index in [0.717, 1.165) is 17.1 Å². The molecule has 0 saturated carbocycles. The highest BCUT2D eigenvalue weighted by atomic mass is 32.2. The summed E-state index contributed by atoms with van der Waals surface area (Å²) >= 11 is 3.80. The average Bonchev–Trinajstić information content (AvgIpc) is 2.78. The first-order chi connectivity index (χ1) is 15.3. The lowest BCUT2D eigenvalue weighted by Crippen LogP contribution is -2.31. The summed E-state index contributed by atoms with van der Waals surface area (Å²) in [4.78, 5) is 36.3. The fraction of sp³-hybridized carbons (Fsp3) is 0.391. The van der Waals surface area contributed by atoms with Crippen molar-refractivity contribution in [2.24, 2.45) is 0 Å². The van der Waals surface area contributed by atoms with Crippen LogP contribution in [0.3, 0.4) is 0 Å². The molecule has 1 aliphatic heterocycles. The van der Waals surface area contributed by atoms with Crippen LogP contribution in [0.25, 0.3) is 0 Å². The predicted octanol–water partition coefficient (Wildman–Crippen LogP) is 5.28. The molecule has 170 valence electrons. The monoisotopic (exact) mass is 474 g/mol. The maximum Gasteiger partial charge on any atom is 0.308 e. The van der Waals surface area contributed by atoms with Gasteiger partial charge in [-0.15, -0.1) is 23.5 Å². The summed E-state index contributed by atoms with van der Waals surface area (Å²) in [7, 11) is 0. The Morgan fingerprint density at radius 2 is 1.78 bits per heavy atom. The number of carbonyl (C=O) groups is 2. The smallest absolute Gasteiger partial charge is 0.308 e. The molecule has 0 aromatic heterocycles. The molecule has 32 heavy (non-hydrogen) atoms. The second-order valence-corrected chi connectivity index (χ2v) is 10.4. The van der Waals surface area contributed by atoms with Gasteiger partial charge < -0.3 is 10.1 Å². The molecule has 3 rings (SSSR count). The van der Waals surface area contributed by atoms with Gasteiger partial charge in [-0.3, -0.25) is 19.7 Å². The van der Waals surface area contributed by atoms with Crippen molar-refractivity contribution in [2.75, 3.05) is 11.5 Å². The number of rotatable bonds is 8. The molecular formula is C23H26N2O5S2. The molecule has 1 N–H and O–H groups in total. The molecule has 2 aromatic rings. The molecule has 1 heterocycles. The Labute approximate surface area is 195 Å². The first kappa shape index (κ1) is 24.1. The second-order valence-electron chi connectivity index (χ2n) is 7.63. The maximum absolute atomic E-state index is 13.0. The van der Waals surface area contributed by atoms with Crippen molar-refractivity contribution in [3.63, 3.8) is 0 Å². The molecule has 0 bridgehead atoms. The minimum Gasteiger partial charge on any atom is -0.463 e. The number of thioether (sulfide) groups is 2. The molecule has 1 saturated heterocycles. The van der Waals surface area contributed by atoms with Crippen molar-refractivity contribution in [3.05, 3.63) is 75.3 Å². The summed E-state index contributed by atoms with van der Waals surface area (Å²) in [5, 5.41) is 14.3. The Morgan fingerprint density at radius 3 is 2.41 bits per heavy atom. The number of esters is 1. The predicted molar refractivity (Wildman–Crippen MR) is 128 cm³/mol. The minimum absolute atomic E-state index is 0.156. The van der Waals surface area contributed by atoms with Gasteiger partial charge in [-0.25, -0.2) is 0 Å². The third kappa shape index (κ3) is 6.49. The van der Waals surface area contributed by atoms with E-state index < -0.39 is 22.8 Å². The van der Waals surface area contributed by atoms with Crippen LogP contribution in [-0.4, -0.2) is 34.4 Å². The van der Waals surface area contributed by atoms with Gasteiger partial charge in [0.05, 0.1) is 33.6 Å². The number of amides is 1. The van der Waals surface area contributed by atoms with Gasteiger partial charge in [-0.1, -0.05) is 30.3 Å². The van der Waals surface area contributed by atoms with Gasteiger partial charge in [0, 0.05) is 11.6 Å². The van der Waals surface area contributed by atoms with E-state index in [0.29, 0.717) is 10.1 Å². The Bertz CT molecular complexity index is 959. The number of hydrogen-bond donors (Lipinski definition) is 1. The number of nitro benzene ring substituents is 1. The first-order valence-electron chi connectivity index (χ1n) is 10.4. The molecule has 1 amide bonds. The lowest BCUT2D eigenvalue weighted by Gasteiger charge is -2.22. The van der Waals surface area contributed by atoms with Gasteiger partial charge in [0.1, 0.15) is 0 Å². The van der Waals surface area contributed by atoms with E-state index in [2.05, 4.69) is 5.32 Å². The van der Waals surface area contributed by atoms with Gasteiger partial charge in [0.15, 0.2) is 0 Å². The highest BCUT2D eigenvalue weighted by Crippen LogP contribution is 2.43. The number of nitro groups is 1. The van der Waals surface area contributed by atoms with Crippen molar-refractivity contribution < 1.29 is 19.2 Å². The summed E-state index contributed by atoms with van der Waals surface area (Å²) in [6.07, 6.45) is 0.675. The Hall–Kier alpha value is -2.52. The molecule has 1 aliphatic rings. The van der Waals surface area contributed by atoms with Crippen molar-refractivity contribution in [1.82, 2.24) is 5.32 Å². The van der Waals surface area contributed by atoms with Crippen LogP contribution in [0.5, 0.6) is 0 Å². The van der Waals surface area contributed by atoms with Gasteiger partial charge in [-0.05, 0) is 49.5 Å². The van der Waals surface area contributed by atoms with E-state index in [1.54, 1.807) is 44.2 Å². The van der Waals surface area contributed by atoms with Gasteiger partial charge in [-0.2, -0.15) is 0 Å². The molecule has 0 radical (unpaired) electrons. The Balaban J connectivity index is 1.80.